The molecule has 6 rings (SSSR count). The molecule has 38 heavy (non-hydrogen) atoms. The van der Waals surface area contributed by atoms with Crippen molar-refractivity contribution in [2.75, 3.05) is 44.6 Å². The number of aryl methyl sites for hydroxylation is 1. The highest BCUT2D eigenvalue weighted by molar-refractivity contribution is 6.34. The summed E-state index contributed by atoms with van der Waals surface area (Å²) in [5.41, 5.74) is 5.29. The minimum absolute atomic E-state index is 0.0542. The Morgan fingerprint density at radius 1 is 1.03 bits per heavy atom. The predicted octanol–water partition coefficient (Wildman–Crippen LogP) is 5.24. The van der Waals surface area contributed by atoms with Gasteiger partial charge in [0.1, 0.15) is 0 Å². The standard InChI is InChI=1S/C30H33ClN6O/c1-21-4-2-7-27(29(21)31)34-24-8-11-28-23(18-24)20-33-37(28)26-6-3-5-22(19-26)30(38)32-12-13-35-14-16-36(17-15-35)25-9-10-25/h2-8,11,18-20,25,34H,9-10,12-17H2,1H3,(H,32,38). The van der Waals surface area contributed by atoms with Gasteiger partial charge in [-0.05, 0) is 67.8 Å². The van der Waals surface area contributed by atoms with Gasteiger partial charge in [-0.1, -0.05) is 29.8 Å². The Morgan fingerprint density at radius 3 is 2.66 bits per heavy atom. The number of rotatable bonds is 8. The third-order valence-electron chi connectivity index (χ3n) is 7.58. The van der Waals surface area contributed by atoms with Crippen LogP contribution in [0, 0.1) is 6.92 Å². The average molecular weight is 529 g/mol. The van der Waals surface area contributed by atoms with Crippen LogP contribution in [0.4, 0.5) is 11.4 Å². The highest BCUT2D eigenvalue weighted by Gasteiger charge is 2.30. The number of carbonyl (C=O) groups excluding carboxylic acids is 1. The lowest BCUT2D eigenvalue weighted by Gasteiger charge is -2.34. The maximum absolute atomic E-state index is 12.9. The van der Waals surface area contributed by atoms with Crippen molar-refractivity contribution in [3.63, 3.8) is 0 Å². The molecular weight excluding hydrogens is 496 g/mol. The van der Waals surface area contributed by atoms with Gasteiger partial charge in [-0.2, -0.15) is 5.10 Å². The van der Waals surface area contributed by atoms with Crippen molar-refractivity contribution in [2.45, 2.75) is 25.8 Å². The smallest absolute Gasteiger partial charge is 0.251 e. The summed E-state index contributed by atoms with van der Waals surface area (Å²) in [5.74, 6) is -0.0542. The molecule has 0 bridgehead atoms. The zero-order chi connectivity index (χ0) is 26.1. The van der Waals surface area contributed by atoms with Crippen molar-refractivity contribution < 1.29 is 4.79 Å². The molecule has 0 atom stereocenters. The zero-order valence-corrected chi connectivity index (χ0v) is 22.4. The summed E-state index contributed by atoms with van der Waals surface area (Å²) in [5, 5.41) is 12.8. The lowest BCUT2D eigenvalue weighted by atomic mass is 10.1. The van der Waals surface area contributed by atoms with E-state index in [0.29, 0.717) is 12.1 Å². The Bertz CT molecular complexity index is 1450. The Kier molecular flexibility index (Phi) is 7.06. The number of halogens is 1. The third-order valence-corrected chi connectivity index (χ3v) is 8.08. The number of hydrogen-bond donors (Lipinski definition) is 2. The number of carbonyl (C=O) groups is 1. The summed E-state index contributed by atoms with van der Waals surface area (Å²) in [6.07, 6.45) is 4.57. The number of aromatic nitrogens is 2. The molecule has 8 heteroatoms. The van der Waals surface area contributed by atoms with E-state index >= 15 is 0 Å². The molecule has 1 amide bonds. The van der Waals surface area contributed by atoms with Crippen LogP contribution in [-0.4, -0.2) is 70.8 Å². The van der Waals surface area contributed by atoms with Crippen LogP contribution in [0.3, 0.4) is 0 Å². The number of anilines is 2. The lowest BCUT2D eigenvalue weighted by Crippen LogP contribution is -2.49. The number of nitrogens with zero attached hydrogens (tertiary/aromatic N) is 4. The molecule has 2 aliphatic rings. The van der Waals surface area contributed by atoms with Crippen molar-refractivity contribution in [1.29, 1.82) is 0 Å². The van der Waals surface area contributed by atoms with Crippen LogP contribution in [0.25, 0.3) is 16.6 Å². The van der Waals surface area contributed by atoms with Gasteiger partial charge >= 0.3 is 0 Å². The van der Waals surface area contributed by atoms with Gasteiger partial charge in [0.15, 0.2) is 0 Å². The first-order valence-electron chi connectivity index (χ1n) is 13.4. The summed E-state index contributed by atoms with van der Waals surface area (Å²) in [7, 11) is 0. The van der Waals surface area contributed by atoms with E-state index in [1.54, 1.807) is 0 Å². The maximum Gasteiger partial charge on any atom is 0.251 e. The van der Waals surface area contributed by atoms with Gasteiger partial charge in [-0.15, -0.1) is 0 Å². The second kappa shape index (κ2) is 10.8. The van der Waals surface area contributed by atoms with Crippen LogP contribution in [0.5, 0.6) is 0 Å². The van der Waals surface area contributed by atoms with Crippen molar-refractivity contribution in [3.05, 3.63) is 83.0 Å². The molecular formula is C30H33ClN6O. The molecule has 3 aromatic carbocycles. The fourth-order valence-electron chi connectivity index (χ4n) is 5.22. The van der Waals surface area contributed by atoms with Gasteiger partial charge in [-0.3, -0.25) is 14.6 Å². The van der Waals surface area contributed by atoms with E-state index in [1.165, 1.54) is 12.8 Å². The van der Waals surface area contributed by atoms with Crippen molar-refractivity contribution in [1.82, 2.24) is 24.9 Å². The molecule has 1 saturated heterocycles. The first-order chi connectivity index (χ1) is 18.5. The van der Waals surface area contributed by atoms with Gasteiger partial charge in [0.25, 0.3) is 5.91 Å². The molecule has 196 valence electrons. The van der Waals surface area contributed by atoms with Gasteiger partial charge in [0.2, 0.25) is 0 Å². The van der Waals surface area contributed by atoms with E-state index in [0.717, 1.165) is 77.3 Å². The maximum atomic E-state index is 12.9. The molecule has 1 saturated carbocycles. The Hall–Kier alpha value is -3.39. The number of amides is 1. The van der Waals surface area contributed by atoms with Crippen LogP contribution in [0.2, 0.25) is 5.02 Å². The van der Waals surface area contributed by atoms with Crippen LogP contribution in [0.15, 0.2) is 66.9 Å². The quantitative estimate of drug-likeness (QED) is 0.327. The van der Waals surface area contributed by atoms with E-state index in [9.17, 15) is 4.79 Å². The molecule has 0 unspecified atom stereocenters. The van der Waals surface area contributed by atoms with Crippen LogP contribution in [-0.2, 0) is 0 Å². The van der Waals surface area contributed by atoms with Gasteiger partial charge in [0, 0.05) is 61.9 Å². The Labute approximate surface area is 228 Å². The average Bonchev–Trinajstić information content (AvgIpc) is 3.71. The fourth-order valence-corrected chi connectivity index (χ4v) is 5.39. The number of hydrogen-bond acceptors (Lipinski definition) is 5. The summed E-state index contributed by atoms with van der Waals surface area (Å²) >= 11 is 6.46. The second-order valence-electron chi connectivity index (χ2n) is 10.3. The van der Waals surface area contributed by atoms with Crippen molar-refractivity contribution >= 4 is 39.8 Å². The molecule has 2 fully saturated rings. The van der Waals surface area contributed by atoms with E-state index in [1.807, 2.05) is 72.4 Å². The van der Waals surface area contributed by atoms with Crippen molar-refractivity contribution in [2.24, 2.45) is 0 Å². The number of benzene rings is 3. The molecule has 1 aliphatic carbocycles. The van der Waals surface area contributed by atoms with Gasteiger partial charge < -0.3 is 10.6 Å². The SMILES string of the molecule is Cc1cccc(Nc2ccc3c(cnn3-c3cccc(C(=O)NCCN4CCN(C5CC5)CC4)c3)c2)c1Cl. The molecule has 0 spiro atoms. The van der Waals surface area contributed by atoms with Gasteiger partial charge in [-0.25, -0.2) is 4.68 Å². The molecule has 1 aliphatic heterocycles. The highest BCUT2D eigenvalue weighted by atomic mass is 35.5. The summed E-state index contributed by atoms with van der Waals surface area (Å²) in [6, 6.07) is 20.5. The highest BCUT2D eigenvalue weighted by Crippen LogP contribution is 2.30. The minimum atomic E-state index is -0.0542. The van der Waals surface area contributed by atoms with E-state index in [4.69, 9.17) is 11.6 Å². The number of piperazine rings is 1. The summed E-state index contributed by atoms with van der Waals surface area (Å²) < 4.78 is 1.87. The van der Waals surface area contributed by atoms with Crippen LogP contribution < -0.4 is 10.6 Å². The molecule has 2 N–H and O–H groups in total. The largest absolute Gasteiger partial charge is 0.354 e. The van der Waals surface area contributed by atoms with Crippen LogP contribution in [0.1, 0.15) is 28.8 Å². The molecule has 7 nitrogen and oxygen atoms in total. The predicted molar refractivity (Wildman–Crippen MR) is 154 cm³/mol. The van der Waals surface area contributed by atoms with Crippen LogP contribution >= 0.6 is 11.6 Å². The first-order valence-corrected chi connectivity index (χ1v) is 13.8. The van der Waals surface area contributed by atoms with E-state index in [2.05, 4.69) is 31.6 Å². The normalized spacial score (nSPS) is 16.6. The summed E-state index contributed by atoms with van der Waals surface area (Å²) in [6.45, 7) is 8.00. The monoisotopic (exact) mass is 528 g/mol. The van der Waals surface area contributed by atoms with Gasteiger partial charge in [0.05, 0.1) is 28.1 Å². The number of nitrogens with one attached hydrogen (secondary N) is 2. The van der Waals surface area contributed by atoms with E-state index < -0.39 is 0 Å². The Morgan fingerprint density at radius 2 is 1.84 bits per heavy atom. The van der Waals surface area contributed by atoms with Crippen molar-refractivity contribution in [3.8, 4) is 5.69 Å². The molecule has 2 heterocycles. The second-order valence-corrected chi connectivity index (χ2v) is 10.7. The summed E-state index contributed by atoms with van der Waals surface area (Å²) in [4.78, 5) is 18.0. The Balaban J connectivity index is 1.09. The lowest BCUT2D eigenvalue weighted by molar-refractivity contribution is 0.0934. The zero-order valence-electron chi connectivity index (χ0n) is 21.7. The first kappa shape index (κ1) is 24.9. The number of fused-ring (bicyclic) bond motifs is 1. The minimum Gasteiger partial charge on any atom is -0.354 e. The third kappa shape index (κ3) is 5.41. The molecule has 0 radical (unpaired) electrons. The molecule has 4 aromatic rings. The topological polar surface area (TPSA) is 65.4 Å². The molecule has 1 aromatic heterocycles. The van der Waals surface area contributed by atoms with E-state index in [-0.39, 0.29) is 5.91 Å². The fraction of sp³-hybridized carbons (Fsp3) is 0.333.